The monoisotopic (exact) mass is 342 g/mol. The Morgan fingerprint density at radius 2 is 1.77 bits per heavy atom. The molecular formula is C21H18N4O. The van der Waals surface area contributed by atoms with Crippen LogP contribution in [0.2, 0.25) is 0 Å². The molecular weight excluding hydrogens is 324 g/mol. The number of guanidine groups is 1. The van der Waals surface area contributed by atoms with Crippen LogP contribution in [0, 0.1) is 11.3 Å². The van der Waals surface area contributed by atoms with Gasteiger partial charge in [0.05, 0.1) is 17.3 Å². The molecule has 2 aromatic rings. The predicted molar refractivity (Wildman–Crippen MR) is 103 cm³/mol. The molecule has 26 heavy (non-hydrogen) atoms. The zero-order chi connectivity index (χ0) is 18.7. The Bertz CT molecular complexity index is 1010. The van der Waals surface area contributed by atoms with Crippen LogP contribution in [0.3, 0.4) is 0 Å². The topological polar surface area (TPSA) is 68.8 Å². The summed E-state index contributed by atoms with van der Waals surface area (Å²) in [5.74, 6) is 0.560. The van der Waals surface area contributed by atoms with E-state index in [0.717, 1.165) is 23.0 Å². The highest BCUT2D eigenvalue weighted by molar-refractivity contribution is 6.25. The van der Waals surface area contributed by atoms with Gasteiger partial charge in [-0.15, -0.1) is 0 Å². The van der Waals surface area contributed by atoms with Gasteiger partial charge < -0.3 is 4.90 Å². The standard InChI is InChI=1S/C21H18N4O/c1-14(17-10-6-4-8-15(17)12-22)19-20(24-21(23-19)25(2)3)18-11-7-5-9-16(18)13-26/h4-11,13H,1-3H3/b19-14-. The largest absolute Gasteiger partial charge is 0.347 e. The molecule has 0 saturated carbocycles. The molecule has 128 valence electrons. The molecule has 0 aromatic heterocycles. The molecule has 0 aliphatic carbocycles. The van der Waals surface area contributed by atoms with Crippen LogP contribution < -0.4 is 0 Å². The quantitative estimate of drug-likeness (QED) is 0.801. The van der Waals surface area contributed by atoms with Crippen molar-refractivity contribution in [2.45, 2.75) is 6.92 Å². The molecule has 0 saturated heterocycles. The van der Waals surface area contributed by atoms with Crippen molar-refractivity contribution >= 4 is 23.5 Å². The van der Waals surface area contributed by atoms with E-state index in [9.17, 15) is 10.1 Å². The minimum Gasteiger partial charge on any atom is -0.347 e. The van der Waals surface area contributed by atoms with E-state index in [-0.39, 0.29) is 0 Å². The Balaban J connectivity index is 2.25. The Kier molecular flexibility index (Phi) is 4.76. The zero-order valence-electron chi connectivity index (χ0n) is 14.9. The van der Waals surface area contributed by atoms with Gasteiger partial charge in [0, 0.05) is 25.2 Å². The van der Waals surface area contributed by atoms with Crippen LogP contribution in [-0.2, 0) is 0 Å². The van der Waals surface area contributed by atoms with E-state index in [1.165, 1.54) is 0 Å². The van der Waals surface area contributed by atoms with Crippen LogP contribution in [0.4, 0.5) is 0 Å². The fraction of sp³-hybridized carbons (Fsp3) is 0.143. The van der Waals surface area contributed by atoms with Crippen molar-refractivity contribution < 1.29 is 4.79 Å². The fourth-order valence-corrected chi connectivity index (χ4v) is 2.83. The normalized spacial score (nSPS) is 15.0. The van der Waals surface area contributed by atoms with E-state index in [1.54, 1.807) is 12.1 Å². The summed E-state index contributed by atoms with van der Waals surface area (Å²) in [4.78, 5) is 22.6. The third-order valence-electron chi connectivity index (χ3n) is 4.20. The first-order chi connectivity index (χ1) is 12.6. The average Bonchev–Trinajstić information content (AvgIpc) is 3.12. The second-order valence-electron chi connectivity index (χ2n) is 6.10. The molecule has 1 aliphatic heterocycles. The fourth-order valence-electron chi connectivity index (χ4n) is 2.83. The van der Waals surface area contributed by atoms with Gasteiger partial charge in [0.15, 0.2) is 6.29 Å². The summed E-state index contributed by atoms with van der Waals surface area (Å²) in [5, 5.41) is 9.42. The molecule has 1 heterocycles. The molecule has 3 rings (SSSR count). The molecule has 1 aliphatic rings. The number of nitriles is 1. The maximum atomic E-state index is 11.5. The summed E-state index contributed by atoms with van der Waals surface area (Å²) in [6, 6.07) is 16.9. The molecule has 0 bridgehead atoms. The lowest BCUT2D eigenvalue weighted by Gasteiger charge is -2.10. The highest BCUT2D eigenvalue weighted by Crippen LogP contribution is 2.29. The number of rotatable bonds is 3. The molecule has 5 nitrogen and oxygen atoms in total. The minimum atomic E-state index is 0.556. The van der Waals surface area contributed by atoms with Gasteiger partial charge in [-0.3, -0.25) is 4.79 Å². The van der Waals surface area contributed by atoms with Crippen molar-refractivity contribution in [3.05, 3.63) is 76.5 Å². The van der Waals surface area contributed by atoms with Crippen molar-refractivity contribution in [1.29, 1.82) is 5.26 Å². The van der Waals surface area contributed by atoms with Gasteiger partial charge in [0.1, 0.15) is 5.71 Å². The van der Waals surface area contributed by atoms with Gasteiger partial charge in [0.25, 0.3) is 0 Å². The minimum absolute atomic E-state index is 0.556. The lowest BCUT2D eigenvalue weighted by molar-refractivity contribution is 0.112. The number of aliphatic imine (C=N–C) groups is 2. The van der Waals surface area contributed by atoms with Gasteiger partial charge in [-0.2, -0.15) is 5.26 Å². The average molecular weight is 342 g/mol. The second-order valence-corrected chi connectivity index (χ2v) is 6.10. The molecule has 2 aromatic carbocycles. The van der Waals surface area contributed by atoms with E-state index in [1.807, 2.05) is 62.3 Å². The molecule has 0 fully saturated rings. The number of hydrogen-bond donors (Lipinski definition) is 0. The highest BCUT2D eigenvalue weighted by Gasteiger charge is 2.24. The Morgan fingerprint density at radius 1 is 1.08 bits per heavy atom. The molecule has 0 radical (unpaired) electrons. The summed E-state index contributed by atoms with van der Waals surface area (Å²) in [6.07, 6.45) is 0.821. The van der Waals surface area contributed by atoms with Crippen LogP contribution in [0.1, 0.15) is 34.0 Å². The molecule has 0 N–H and O–H groups in total. The first-order valence-electron chi connectivity index (χ1n) is 8.17. The summed E-state index contributed by atoms with van der Waals surface area (Å²) >= 11 is 0. The Hall–Kier alpha value is -3.52. The first-order valence-corrected chi connectivity index (χ1v) is 8.17. The zero-order valence-corrected chi connectivity index (χ0v) is 14.9. The number of carbonyl (C=O) groups is 1. The first kappa shape index (κ1) is 17.3. The summed E-state index contributed by atoms with van der Waals surface area (Å²) < 4.78 is 0. The van der Waals surface area contributed by atoms with Crippen molar-refractivity contribution in [3.63, 3.8) is 0 Å². The lowest BCUT2D eigenvalue weighted by Crippen LogP contribution is -2.18. The number of carbonyl (C=O) groups excluding carboxylic acids is 1. The molecule has 0 spiro atoms. The molecule has 0 amide bonds. The van der Waals surface area contributed by atoms with E-state index in [4.69, 9.17) is 0 Å². The van der Waals surface area contributed by atoms with Crippen molar-refractivity contribution in [1.82, 2.24) is 4.90 Å². The predicted octanol–water partition coefficient (Wildman–Crippen LogP) is 3.52. The second kappa shape index (κ2) is 7.16. The van der Waals surface area contributed by atoms with E-state index in [0.29, 0.717) is 28.5 Å². The maximum absolute atomic E-state index is 11.5. The Morgan fingerprint density at radius 3 is 2.46 bits per heavy atom. The van der Waals surface area contributed by atoms with Crippen molar-refractivity contribution in [2.75, 3.05) is 14.1 Å². The van der Waals surface area contributed by atoms with Crippen LogP contribution in [-0.4, -0.2) is 37.0 Å². The number of aldehydes is 1. The summed E-state index contributed by atoms with van der Waals surface area (Å²) in [5.41, 5.74) is 4.83. The number of benzene rings is 2. The van der Waals surface area contributed by atoms with E-state index >= 15 is 0 Å². The van der Waals surface area contributed by atoms with Crippen molar-refractivity contribution in [3.8, 4) is 6.07 Å². The highest BCUT2D eigenvalue weighted by atomic mass is 16.1. The van der Waals surface area contributed by atoms with E-state index < -0.39 is 0 Å². The van der Waals surface area contributed by atoms with Gasteiger partial charge in [0.2, 0.25) is 5.96 Å². The van der Waals surface area contributed by atoms with Crippen LogP contribution in [0.5, 0.6) is 0 Å². The smallest absolute Gasteiger partial charge is 0.226 e. The summed E-state index contributed by atoms with van der Waals surface area (Å²) in [7, 11) is 3.74. The van der Waals surface area contributed by atoms with E-state index in [2.05, 4.69) is 16.1 Å². The lowest BCUT2D eigenvalue weighted by atomic mass is 9.95. The number of hydrogen-bond acceptors (Lipinski definition) is 5. The maximum Gasteiger partial charge on any atom is 0.226 e. The SMILES string of the molecule is C/C(=C1/N=C(N(C)C)N=C1c1ccccc1C=O)c1ccccc1C#N. The molecule has 0 unspecified atom stereocenters. The van der Waals surface area contributed by atoms with Crippen LogP contribution in [0.15, 0.2) is 64.2 Å². The third-order valence-corrected chi connectivity index (χ3v) is 4.20. The third kappa shape index (κ3) is 3.05. The van der Waals surface area contributed by atoms with Crippen molar-refractivity contribution in [2.24, 2.45) is 9.98 Å². The summed E-state index contributed by atoms with van der Waals surface area (Å²) in [6.45, 7) is 1.92. The number of allylic oxidation sites excluding steroid dienone is 2. The van der Waals surface area contributed by atoms with Gasteiger partial charge in [-0.1, -0.05) is 42.5 Å². The molecule has 0 atom stereocenters. The van der Waals surface area contributed by atoms with Gasteiger partial charge in [-0.25, -0.2) is 9.98 Å². The van der Waals surface area contributed by atoms with Crippen LogP contribution in [0.25, 0.3) is 5.57 Å². The molecule has 5 heteroatoms. The Labute approximate surface area is 152 Å². The number of nitrogens with zero attached hydrogens (tertiary/aromatic N) is 4. The van der Waals surface area contributed by atoms with Gasteiger partial charge >= 0.3 is 0 Å². The van der Waals surface area contributed by atoms with Gasteiger partial charge in [-0.05, 0) is 24.1 Å². The van der Waals surface area contributed by atoms with Crippen LogP contribution >= 0.6 is 0 Å².